The fraction of sp³-hybridized carbons (Fsp3) is 0.200. The molecule has 0 bridgehead atoms. The molecule has 0 aromatic heterocycles. The number of rotatable bonds is 3. The molecule has 2 N–H and O–H groups in total. The van der Waals surface area contributed by atoms with Crippen molar-refractivity contribution in [2.75, 3.05) is 7.11 Å². The van der Waals surface area contributed by atoms with Gasteiger partial charge in [-0.2, -0.15) is 0 Å². The normalized spacial score (nSPS) is 12.3. The zero-order chi connectivity index (χ0) is 14.0. The molecular weight excluding hydrogens is 309 g/mol. The molecule has 4 heteroatoms. The molecule has 19 heavy (non-hydrogen) atoms. The van der Waals surface area contributed by atoms with Gasteiger partial charge in [-0.25, -0.2) is 4.39 Å². The summed E-state index contributed by atoms with van der Waals surface area (Å²) < 4.78 is 19.6. The third-order valence-corrected chi connectivity index (χ3v) is 3.97. The minimum absolute atomic E-state index is 0.225. The van der Waals surface area contributed by atoms with Crippen LogP contribution >= 0.6 is 15.9 Å². The third kappa shape index (κ3) is 2.96. The molecule has 0 aliphatic rings. The maximum atomic E-state index is 13.7. The van der Waals surface area contributed by atoms with Gasteiger partial charge in [-0.3, -0.25) is 0 Å². The van der Waals surface area contributed by atoms with Gasteiger partial charge in [-0.15, -0.1) is 0 Å². The van der Waals surface area contributed by atoms with Crippen molar-refractivity contribution in [2.24, 2.45) is 5.73 Å². The maximum absolute atomic E-state index is 13.7. The zero-order valence-electron chi connectivity index (χ0n) is 10.8. The molecule has 100 valence electrons. The van der Waals surface area contributed by atoms with Crippen LogP contribution < -0.4 is 10.5 Å². The lowest BCUT2D eigenvalue weighted by atomic mass is 9.98. The smallest absolute Gasteiger partial charge is 0.165 e. The Kier molecular flexibility index (Phi) is 4.22. The number of methoxy groups -OCH3 is 1. The first-order valence-electron chi connectivity index (χ1n) is 5.88. The Morgan fingerprint density at radius 1 is 1.16 bits per heavy atom. The summed E-state index contributed by atoms with van der Waals surface area (Å²) in [6.07, 6.45) is 0. The highest BCUT2D eigenvalue weighted by molar-refractivity contribution is 9.10. The SMILES string of the molecule is COc1ccc(C(N)c2ccc(Br)c(C)c2)cc1F. The Morgan fingerprint density at radius 2 is 1.79 bits per heavy atom. The number of halogens is 2. The van der Waals surface area contributed by atoms with E-state index in [2.05, 4.69) is 15.9 Å². The third-order valence-electron chi connectivity index (χ3n) is 3.08. The molecule has 0 aliphatic carbocycles. The van der Waals surface area contributed by atoms with Gasteiger partial charge in [0.05, 0.1) is 13.2 Å². The van der Waals surface area contributed by atoms with Crippen LogP contribution in [0.4, 0.5) is 4.39 Å². The summed E-state index contributed by atoms with van der Waals surface area (Å²) in [5, 5.41) is 0. The highest BCUT2D eigenvalue weighted by atomic mass is 79.9. The van der Waals surface area contributed by atoms with E-state index in [1.165, 1.54) is 13.2 Å². The highest BCUT2D eigenvalue weighted by Crippen LogP contribution is 2.27. The minimum atomic E-state index is -0.399. The molecule has 0 saturated heterocycles. The molecule has 0 amide bonds. The fourth-order valence-corrected chi connectivity index (χ4v) is 2.18. The van der Waals surface area contributed by atoms with Gasteiger partial charge in [0, 0.05) is 4.47 Å². The highest BCUT2D eigenvalue weighted by Gasteiger charge is 2.12. The first-order valence-corrected chi connectivity index (χ1v) is 6.67. The van der Waals surface area contributed by atoms with Crippen molar-refractivity contribution in [1.29, 1.82) is 0 Å². The Hall–Kier alpha value is -1.39. The standard InChI is InChI=1S/C15H15BrFNO/c1-9-7-10(3-5-12(9)16)15(18)11-4-6-14(19-2)13(17)8-11/h3-8,15H,18H2,1-2H3. The van der Waals surface area contributed by atoms with E-state index in [0.29, 0.717) is 0 Å². The molecule has 0 heterocycles. The quantitative estimate of drug-likeness (QED) is 0.928. The number of hydrogen-bond donors (Lipinski definition) is 1. The lowest BCUT2D eigenvalue weighted by Crippen LogP contribution is -2.12. The van der Waals surface area contributed by atoms with Crippen LogP contribution in [-0.2, 0) is 0 Å². The van der Waals surface area contributed by atoms with Gasteiger partial charge in [0.1, 0.15) is 0 Å². The molecule has 2 aromatic rings. The Labute approximate surface area is 120 Å². The molecule has 0 fully saturated rings. The first-order chi connectivity index (χ1) is 9.02. The minimum Gasteiger partial charge on any atom is -0.494 e. The Bertz CT molecular complexity index is 601. The van der Waals surface area contributed by atoms with Crippen LogP contribution in [0.2, 0.25) is 0 Å². The van der Waals surface area contributed by atoms with Crippen molar-refractivity contribution in [2.45, 2.75) is 13.0 Å². The lowest BCUT2D eigenvalue weighted by molar-refractivity contribution is 0.386. The first kappa shape index (κ1) is 14.0. The number of nitrogens with two attached hydrogens (primary N) is 1. The van der Waals surface area contributed by atoms with E-state index in [1.54, 1.807) is 12.1 Å². The second kappa shape index (κ2) is 5.72. The molecule has 0 aliphatic heterocycles. The number of aryl methyl sites for hydroxylation is 1. The summed E-state index contributed by atoms with van der Waals surface area (Å²) in [7, 11) is 1.44. The van der Waals surface area contributed by atoms with E-state index in [4.69, 9.17) is 10.5 Å². The van der Waals surface area contributed by atoms with Gasteiger partial charge in [0.15, 0.2) is 11.6 Å². The molecule has 1 unspecified atom stereocenters. The van der Waals surface area contributed by atoms with Crippen LogP contribution in [-0.4, -0.2) is 7.11 Å². The summed E-state index contributed by atoms with van der Waals surface area (Å²) >= 11 is 3.45. The molecule has 1 atom stereocenters. The fourth-order valence-electron chi connectivity index (χ4n) is 1.93. The number of benzene rings is 2. The van der Waals surface area contributed by atoms with Crippen LogP contribution in [0.5, 0.6) is 5.75 Å². The topological polar surface area (TPSA) is 35.2 Å². The van der Waals surface area contributed by atoms with Crippen LogP contribution in [0.1, 0.15) is 22.7 Å². The van der Waals surface area contributed by atoms with Crippen molar-refractivity contribution < 1.29 is 9.13 Å². The number of ether oxygens (including phenoxy) is 1. The average molecular weight is 324 g/mol. The van der Waals surface area contributed by atoms with Gasteiger partial charge >= 0.3 is 0 Å². The predicted octanol–water partition coefficient (Wildman–Crippen LogP) is 3.95. The monoisotopic (exact) mass is 323 g/mol. The van der Waals surface area contributed by atoms with E-state index in [9.17, 15) is 4.39 Å². The molecule has 2 aromatic carbocycles. The second-order valence-electron chi connectivity index (χ2n) is 4.38. The number of hydrogen-bond acceptors (Lipinski definition) is 2. The van der Waals surface area contributed by atoms with E-state index in [0.717, 1.165) is 21.2 Å². The second-order valence-corrected chi connectivity index (χ2v) is 5.23. The Balaban J connectivity index is 2.35. The summed E-state index contributed by atoms with van der Waals surface area (Å²) in [6.45, 7) is 1.99. The van der Waals surface area contributed by atoms with Crippen molar-refractivity contribution in [3.8, 4) is 5.75 Å². The van der Waals surface area contributed by atoms with Crippen LogP contribution in [0.15, 0.2) is 40.9 Å². The van der Waals surface area contributed by atoms with E-state index < -0.39 is 5.82 Å². The largest absolute Gasteiger partial charge is 0.494 e. The van der Waals surface area contributed by atoms with Crippen molar-refractivity contribution >= 4 is 15.9 Å². The van der Waals surface area contributed by atoms with E-state index in [-0.39, 0.29) is 11.8 Å². The Morgan fingerprint density at radius 3 is 2.37 bits per heavy atom. The maximum Gasteiger partial charge on any atom is 0.165 e. The van der Waals surface area contributed by atoms with Gasteiger partial charge < -0.3 is 10.5 Å². The summed E-state index contributed by atoms with van der Waals surface area (Å²) in [5.41, 5.74) is 8.94. The predicted molar refractivity (Wildman–Crippen MR) is 77.9 cm³/mol. The summed E-state index contributed by atoms with van der Waals surface area (Å²) in [5.74, 6) is -0.174. The lowest BCUT2D eigenvalue weighted by Gasteiger charge is -2.15. The van der Waals surface area contributed by atoms with E-state index in [1.807, 2.05) is 25.1 Å². The molecule has 2 nitrogen and oxygen atoms in total. The van der Waals surface area contributed by atoms with Crippen molar-refractivity contribution in [3.05, 3.63) is 63.4 Å². The molecule has 0 spiro atoms. The van der Waals surface area contributed by atoms with Crippen LogP contribution in [0.25, 0.3) is 0 Å². The van der Waals surface area contributed by atoms with Crippen molar-refractivity contribution in [1.82, 2.24) is 0 Å². The van der Waals surface area contributed by atoms with E-state index >= 15 is 0 Å². The molecule has 0 saturated carbocycles. The summed E-state index contributed by atoms with van der Waals surface area (Å²) in [4.78, 5) is 0. The average Bonchev–Trinajstić information content (AvgIpc) is 2.41. The van der Waals surface area contributed by atoms with Gasteiger partial charge in [0.2, 0.25) is 0 Å². The van der Waals surface area contributed by atoms with Gasteiger partial charge in [-0.05, 0) is 41.8 Å². The summed E-state index contributed by atoms with van der Waals surface area (Å²) in [6, 6.07) is 10.3. The molecule has 0 radical (unpaired) electrons. The molecule has 2 rings (SSSR count). The van der Waals surface area contributed by atoms with Gasteiger partial charge in [-0.1, -0.05) is 34.1 Å². The van der Waals surface area contributed by atoms with Crippen LogP contribution in [0.3, 0.4) is 0 Å². The van der Waals surface area contributed by atoms with Crippen molar-refractivity contribution in [3.63, 3.8) is 0 Å². The van der Waals surface area contributed by atoms with Gasteiger partial charge in [0.25, 0.3) is 0 Å². The van der Waals surface area contributed by atoms with Crippen LogP contribution in [0, 0.1) is 12.7 Å². The molecular formula is C15H15BrFNO. The zero-order valence-corrected chi connectivity index (χ0v) is 12.4.